The summed E-state index contributed by atoms with van der Waals surface area (Å²) in [5.74, 6) is 0.589. The number of aromatic nitrogens is 6. The van der Waals surface area contributed by atoms with E-state index in [9.17, 15) is 0 Å². The molecule has 6 heteroatoms. The summed E-state index contributed by atoms with van der Waals surface area (Å²) in [6.07, 6.45) is 1.82. The molecule has 0 aliphatic carbocycles. The zero-order valence-electron chi connectivity index (χ0n) is 24.5. The van der Waals surface area contributed by atoms with Crippen LogP contribution < -0.4 is 0 Å². The van der Waals surface area contributed by atoms with E-state index in [1.165, 1.54) is 10.8 Å². The van der Waals surface area contributed by atoms with Crippen molar-refractivity contribution in [3.05, 3.63) is 146 Å². The summed E-state index contributed by atoms with van der Waals surface area (Å²) >= 11 is 0. The number of pyridine rings is 2. The van der Waals surface area contributed by atoms with Gasteiger partial charge in [-0.05, 0) is 35.7 Å². The Morgan fingerprint density at radius 3 is 1.89 bits per heavy atom. The Morgan fingerprint density at radius 2 is 1.09 bits per heavy atom. The minimum atomic E-state index is 0.589. The normalized spacial score (nSPS) is 11.9. The molecule has 0 amide bonds. The molecule has 0 aliphatic heterocycles. The zero-order chi connectivity index (χ0) is 30.2. The highest BCUT2D eigenvalue weighted by Crippen LogP contribution is 2.38. The Morgan fingerprint density at radius 1 is 0.435 bits per heavy atom. The Kier molecular flexibility index (Phi) is 5.19. The first-order chi connectivity index (χ1) is 22.8. The smallest absolute Gasteiger partial charge is 0.237 e. The molecule has 0 fully saturated rings. The topological polar surface area (TPSA) is 60.9 Å². The monoisotopic (exact) mass is 588 g/mol. The molecule has 10 rings (SSSR count). The van der Waals surface area contributed by atoms with Crippen molar-refractivity contribution >= 4 is 60.3 Å². The van der Waals surface area contributed by atoms with E-state index in [0.29, 0.717) is 5.95 Å². The van der Waals surface area contributed by atoms with E-state index in [1.54, 1.807) is 0 Å². The molecule has 0 saturated heterocycles. The van der Waals surface area contributed by atoms with Gasteiger partial charge in [-0.25, -0.2) is 15.0 Å². The van der Waals surface area contributed by atoms with Gasteiger partial charge in [0.25, 0.3) is 0 Å². The van der Waals surface area contributed by atoms with Crippen molar-refractivity contribution in [1.29, 1.82) is 0 Å². The van der Waals surface area contributed by atoms with Crippen LogP contribution in [0.15, 0.2) is 146 Å². The number of benzene rings is 5. The average Bonchev–Trinajstić information content (AvgIpc) is 3.67. The Hall–Kier alpha value is -6.40. The van der Waals surface area contributed by atoms with Crippen LogP contribution in [0.5, 0.6) is 0 Å². The predicted molar refractivity (Wildman–Crippen MR) is 186 cm³/mol. The summed E-state index contributed by atoms with van der Waals surface area (Å²) in [6, 6.07) is 48.2. The van der Waals surface area contributed by atoms with Crippen molar-refractivity contribution < 1.29 is 0 Å². The van der Waals surface area contributed by atoms with Crippen LogP contribution in [0.3, 0.4) is 0 Å². The van der Waals surface area contributed by atoms with Gasteiger partial charge in [-0.15, -0.1) is 0 Å². The van der Waals surface area contributed by atoms with Gasteiger partial charge in [0.2, 0.25) is 5.95 Å². The van der Waals surface area contributed by atoms with Crippen LogP contribution in [-0.4, -0.2) is 28.9 Å². The summed E-state index contributed by atoms with van der Waals surface area (Å²) in [6.45, 7) is 0. The van der Waals surface area contributed by atoms with E-state index in [-0.39, 0.29) is 0 Å². The molecule has 0 spiro atoms. The largest absolute Gasteiger partial charge is 0.289 e. The number of imidazole rings is 1. The maximum Gasteiger partial charge on any atom is 0.237 e. The van der Waals surface area contributed by atoms with Gasteiger partial charge in [-0.1, -0.05) is 109 Å². The molecule has 0 saturated carbocycles. The summed E-state index contributed by atoms with van der Waals surface area (Å²) in [5.41, 5.74) is 9.69. The first-order valence-corrected chi connectivity index (χ1v) is 15.3. The maximum atomic E-state index is 5.37. The molecule has 46 heavy (non-hydrogen) atoms. The second-order valence-corrected chi connectivity index (χ2v) is 11.5. The van der Waals surface area contributed by atoms with Gasteiger partial charge >= 0.3 is 0 Å². The van der Waals surface area contributed by atoms with Gasteiger partial charge < -0.3 is 0 Å². The molecular weight excluding hydrogens is 564 g/mol. The summed E-state index contributed by atoms with van der Waals surface area (Å²) in [7, 11) is 0. The molecule has 5 aromatic carbocycles. The van der Waals surface area contributed by atoms with Gasteiger partial charge in [0.05, 0.1) is 27.9 Å². The molecular formula is C40H24N6. The van der Waals surface area contributed by atoms with E-state index in [1.807, 2.05) is 36.5 Å². The highest BCUT2D eigenvalue weighted by molar-refractivity contribution is 6.17. The van der Waals surface area contributed by atoms with Crippen molar-refractivity contribution in [1.82, 2.24) is 28.9 Å². The fraction of sp³-hybridized carbons (Fsp3) is 0. The van der Waals surface area contributed by atoms with Crippen LogP contribution in [0.1, 0.15) is 0 Å². The predicted octanol–water partition coefficient (Wildman–Crippen LogP) is 9.41. The molecule has 5 aromatic heterocycles. The third-order valence-corrected chi connectivity index (χ3v) is 8.98. The van der Waals surface area contributed by atoms with Crippen molar-refractivity contribution in [2.75, 3.05) is 0 Å². The third-order valence-electron chi connectivity index (χ3n) is 8.98. The lowest BCUT2D eigenvalue weighted by molar-refractivity contribution is 1.00. The van der Waals surface area contributed by atoms with Crippen LogP contribution >= 0.6 is 0 Å². The molecule has 0 aliphatic rings. The lowest BCUT2D eigenvalue weighted by atomic mass is 10.0. The molecule has 0 atom stereocenters. The fourth-order valence-electron chi connectivity index (χ4n) is 6.93. The average molecular weight is 589 g/mol. The summed E-state index contributed by atoms with van der Waals surface area (Å²) in [5, 5.41) is 5.59. The molecule has 0 N–H and O–H groups in total. The van der Waals surface area contributed by atoms with Gasteiger partial charge in [-0.2, -0.15) is 0 Å². The second-order valence-electron chi connectivity index (χ2n) is 11.5. The van der Waals surface area contributed by atoms with Crippen LogP contribution in [-0.2, 0) is 0 Å². The van der Waals surface area contributed by atoms with Gasteiger partial charge in [0.15, 0.2) is 5.65 Å². The zero-order valence-corrected chi connectivity index (χ0v) is 24.5. The first kappa shape index (κ1) is 25.0. The highest BCUT2D eigenvalue weighted by atomic mass is 15.2. The van der Waals surface area contributed by atoms with Gasteiger partial charge in [0.1, 0.15) is 11.2 Å². The van der Waals surface area contributed by atoms with E-state index in [0.717, 1.165) is 72.0 Å². The summed E-state index contributed by atoms with van der Waals surface area (Å²) in [4.78, 5) is 20.4. The van der Waals surface area contributed by atoms with E-state index < -0.39 is 0 Å². The minimum absolute atomic E-state index is 0.589. The number of hydrogen-bond acceptors (Lipinski definition) is 4. The van der Waals surface area contributed by atoms with Gasteiger partial charge in [-0.3, -0.25) is 14.0 Å². The molecule has 0 bridgehead atoms. The number of hydrogen-bond donors (Lipinski definition) is 0. The lowest BCUT2D eigenvalue weighted by Gasteiger charge is -2.11. The van der Waals surface area contributed by atoms with Crippen molar-refractivity contribution in [2.24, 2.45) is 0 Å². The SMILES string of the molecule is c1ccc(-c2ccc(-c3nc(-n4c5ccccc5c5c4nc4c6ccccc6c6ccccc6n45)nc4ccccc34)cc2)nc1. The van der Waals surface area contributed by atoms with Crippen LogP contribution in [0.2, 0.25) is 0 Å². The maximum absolute atomic E-state index is 5.37. The number of nitrogens with zero attached hydrogens (tertiary/aromatic N) is 6. The highest BCUT2D eigenvalue weighted by Gasteiger charge is 2.23. The molecule has 0 radical (unpaired) electrons. The lowest BCUT2D eigenvalue weighted by Crippen LogP contribution is -2.03. The molecule has 6 nitrogen and oxygen atoms in total. The number of para-hydroxylation sites is 3. The van der Waals surface area contributed by atoms with E-state index >= 15 is 0 Å². The standard InChI is InChI=1S/C40H24N6/c1-2-13-29-27(11-1)28-12-4-7-18-34(28)45-37-31-15-5-8-19-35(31)46(39(37)44-38(29)45)40-42-33-17-6-3-14-30(33)36(43-40)26-22-20-25(21-23-26)32-16-9-10-24-41-32/h1-24H. The molecule has 5 heterocycles. The summed E-state index contributed by atoms with van der Waals surface area (Å²) < 4.78 is 4.43. The van der Waals surface area contributed by atoms with Crippen molar-refractivity contribution in [2.45, 2.75) is 0 Å². The number of fused-ring (bicyclic) bond motifs is 11. The van der Waals surface area contributed by atoms with Crippen LogP contribution in [0.4, 0.5) is 0 Å². The van der Waals surface area contributed by atoms with Crippen molar-refractivity contribution in [3.63, 3.8) is 0 Å². The Labute approximate surface area is 262 Å². The Balaban J connectivity index is 1.29. The quantitative estimate of drug-likeness (QED) is 0.193. The Bertz CT molecular complexity index is 2790. The van der Waals surface area contributed by atoms with Gasteiger partial charge in [0, 0.05) is 38.9 Å². The van der Waals surface area contributed by atoms with Crippen molar-refractivity contribution in [3.8, 4) is 28.5 Å². The van der Waals surface area contributed by atoms with E-state index in [2.05, 4.69) is 123 Å². The van der Waals surface area contributed by atoms with Crippen LogP contribution in [0, 0.1) is 0 Å². The second kappa shape index (κ2) is 9.55. The number of rotatable bonds is 3. The first-order valence-electron chi connectivity index (χ1n) is 15.3. The minimum Gasteiger partial charge on any atom is -0.289 e. The molecule has 0 unspecified atom stereocenters. The fourth-order valence-corrected chi connectivity index (χ4v) is 6.93. The third kappa shape index (κ3) is 3.52. The van der Waals surface area contributed by atoms with E-state index in [4.69, 9.17) is 15.0 Å². The molecule has 10 aromatic rings. The molecule has 214 valence electrons. The van der Waals surface area contributed by atoms with Crippen LogP contribution in [0.25, 0.3) is 88.8 Å².